The fourth-order valence-corrected chi connectivity index (χ4v) is 4.83. The maximum Gasteiger partial charge on any atom is 0.256 e. The average Bonchev–Trinajstić information content (AvgIpc) is 3.34. The van der Waals surface area contributed by atoms with E-state index >= 15 is 0 Å². The van der Waals surface area contributed by atoms with Crippen LogP contribution in [0, 0.1) is 0 Å². The van der Waals surface area contributed by atoms with Gasteiger partial charge in [-0.25, -0.2) is 4.98 Å². The van der Waals surface area contributed by atoms with Crippen molar-refractivity contribution in [3.05, 3.63) is 102 Å². The van der Waals surface area contributed by atoms with Crippen molar-refractivity contribution < 1.29 is 9.53 Å². The highest BCUT2D eigenvalue weighted by Gasteiger charge is 2.19. The molecule has 0 saturated heterocycles. The van der Waals surface area contributed by atoms with E-state index in [0.29, 0.717) is 5.13 Å². The van der Waals surface area contributed by atoms with Crippen LogP contribution in [-0.2, 0) is 10.5 Å². The largest absolute Gasteiger partial charge is 0.497 e. The third kappa shape index (κ3) is 5.10. The SMILES string of the molecule is C=CC(=O)N(c1ccc(SCc2ccccc2)cc1)c1nc(-c2ccc(OC)cc2)cs1. The van der Waals surface area contributed by atoms with Crippen LogP contribution in [-0.4, -0.2) is 18.0 Å². The van der Waals surface area contributed by atoms with Gasteiger partial charge in [-0.15, -0.1) is 23.1 Å². The summed E-state index contributed by atoms with van der Waals surface area (Å²) in [6.07, 6.45) is 1.31. The van der Waals surface area contributed by atoms with Gasteiger partial charge in [-0.3, -0.25) is 9.69 Å². The van der Waals surface area contributed by atoms with Crippen LogP contribution in [0.2, 0.25) is 0 Å². The van der Waals surface area contributed by atoms with Crippen molar-refractivity contribution in [2.45, 2.75) is 10.6 Å². The highest BCUT2D eigenvalue weighted by molar-refractivity contribution is 7.98. The number of rotatable bonds is 8. The first kappa shape index (κ1) is 21.9. The Morgan fingerprint density at radius 1 is 1.06 bits per heavy atom. The Morgan fingerprint density at radius 3 is 2.44 bits per heavy atom. The van der Waals surface area contributed by atoms with Crippen LogP contribution in [0.1, 0.15) is 5.56 Å². The summed E-state index contributed by atoms with van der Waals surface area (Å²) in [5, 5.41) is 2.55. The molecule has 1 amide bonds. The Bertz CT molecular complexity index is 1190. The van der Waals surface area contributed by atoms with Gasteiger partial charge in [-0.1, -0.05) is 36.9 Å². The second-order valence-corrected chi connectivity index (χ2v) is 8.78. The van der Waals surface area contributed by atoms with Crippen LogP contribution in [0.5, 0.6) is 5.75 Å². The van der Waals surface area contributed by atoms with E-state index in [2.05, 4.69) is 18.7 Å². The average molecular weight is 459 g/mol. The zero-order valence-electron chi connectivity index (χ0n) is 17.6. The van der Waals surface area contributed by atoms with Gasteiger partial charge in [0.15, 0.2) is 5.13 Å². The van der Waals surface area contributed by atoms with Crippen LogP contribution >= 0.6 is 23.1 Å². The van der Waals surface area contributed by atoms with Gasteiger partial charge in [0.2, 0.25) is 0 Å². The fraction of sp³-hybridized carbons (Fsp3) is 0.0769. The number of anilines is 2. The molecule has 0 aliphatic rings. The summed E-state index contributed by atoms with van der Waals surface area (Å²) in [6, 6.07) is 26.0. The van der Waals surface area contributed by atoms with E-state index in [0.717, 1.165) is 33.3 Å². The number of benzene rings is 3. The van der Waals surface area contributed by atoms with Crippen molar-refractivity contribution in [3.8, 4) is 17.0 Å². The number of hydrogen-bond donors (Lipinski definition) is 0. The summed E-state index contributed by atoms with van der Waals surface area (Å²) >= 11 is 3.18. The Hall–Kier alpha value is -3.35. The number of amides is 1. The molecule has 0 radical (unpaired) electrons. The minimum Gasteiger partial charge on any atom is -0.497 e. The maximum absolute atomic E-state index is 12.7. The molecule has 4 aromatic rings. The van der Waals surface area contributed by atoms with E-state index in [4.69, 9.17) is 9.72 Å². The smallest absolute Gasteiger partial charge is 0.256 e. The lowest BCUT2D eigenvalue weighted by molar-refractivity contribution is -0.113. The first-order chi connectivity index (χ1) is 15.7. The molecule has 1 heterocycles. The molecule has 0 aliphatic carbocycles. The number of carbonyl (C=O) groups excluding carboxylic acids is 1. The number of carbonyl (C=O) groups is 1. The van der Waals surface area contributed by atoms with E-state index in [1.165, 1.54) is 23.0 Å². The minimum atomic E-state index is -0.217. The summed E-state index contributed by atoms with van der Waals surface area (Å²) in [7, 11) is 1.64. The lowest BCUT2D eigenvalue weighted by atomic mass is 10.2. The van der Waals surface area contributed by atoms with Crippen LogP contribution in [0.15, 0.2) is 102 Å². The summed E-state index contributed by atoms with van der Waals surface area (Å²) in [5.74, 6) is 1.47. The van der Waals surface area contributed by atoms with Crippen LogP contribution in [0.4, 0.5) is 10.8 Å². The maximum atomic E-state index is 12.7. The fourth-order valence-electron chi connectivity index (χ4n) is 3.12. The van der Waals surface area contributed by atoms with Crippen LogP contribution in [0.25, 0.3) is 11.3 Å². The molecule has 3 aromatic carbocycles. The highest BCUT2D eigenvalue weighted by Crippen LogP contribution is 2.34. The number of hydrogen-bond acceptors (Lipinski definition) is 5. The second-order valence-electron chi connectivity index (χ2n) is 6.89. The molecule has 0 N–H and O–H groups in total. The molecule has 0 atom stereocenters. The van der Waals surface area contributed by atoms with Crippen molar-refractivity contribution in [2.24, 2.45) is 0 Å². The molecular weight excluding hydrogens is 436 g/mol. The summed E-state index contributed by atoms with van der Waals surface area (Å²) < 4.78 is 5.22. The Kier molecular flexibility index (Phi) is 7.04. The predicted molar refractivity (Wildman–Crippen MR) is 134 cm³/mol. The van der Waals surface area contributed by atoms with Gasteiger partial charge in [0, 0.05) is 21.6 Å². The number of aromatic nitrogens is 1. The number of thiazole rings is 1. The van der Waals surface area contributed by atoms with E-state index in [9.17, 15) is 4.79 Å². The molecule has 4 nitrogen and oxygen atoms in total. The predicted octanol–water partition coefficient (Wildman–Crippen LogP) is 6.96. The molecule has 1 aromatic heterocycles. The topological polar surface area (TPSA) is 42.4 Å². The standard InChI is InChI=1S/C26H22N2O2S2/c1-3-25(29)28(26-27-24(18-32-26)20-9-13-22(30-2)14-10-20)21-11-15-23(16-12-21)31-17-19-7-5-4-6-8-19/h3-16,18H,1,17H2,2H3. The van der Waals surface area contributed by atoms with Gasteiger partial charge >= 0.3 is 0 Å². The second kappa shape index (κ2) is 10.3. The van der Waals surface area contributed by atoms with Crippen molar-refractivity contribution in [1.82, 2.24) is 4.98 Å². The van der Waals surface area contributed by atoms with Gasteiger partial charge in [0.1, 0.15) is 5.75 Å². The molecule has 0 unspecified atom stereocenters. The highest BCUT2D eigenvalue weighted by atomic mass is 32.2. The monoisotopic (exact) mass is 458 g/mol. The van der Waals surface area contributed by atoms with E-state index in [1.54, 1.807) is 23.8 Å². The van der Waals surface area contributed by atoms with Gasteiger partial charge in [-0.2, -0.15) is 0 Å². The molecule has 0 bridgehead atoms. The van der Waals surface area contributed by atoms with Crippen LogP contribution < -0.4 is 9.64 Å². The quantitative estimate of drug-likeness (QED) is 0.211. The normalized spacial score (nSPS) is 10.5. The van der Waals surface area contributed by atoms with Crippen LogP contribution in [0.3, 0.4) is 0 Å². The molecule has 160 valence electrons. The van der Waals surface area contributed by atoms with Crippen molar-refractivity contribution in [2.75, 3.05) is 12.0 Å². The molecule has 0 aliphatic heterocycles. The summed E-state index contributed by atoms with van der Waals surface area (Å²) in [6.45, 7) is 3.66. The first-order valence-electron chi connectivity index (χ1n) is 10.0. The van der Waals surface area contributed by atoms with E-state index < -0.39 is 0 Å². The molecular formula is C26H22N2O2S2. The van der Waals surface area contributed by atoms with E-state index in [1.807, 2.05) is 72.1 Å². The third-order valence-electron chi connectivity index (χ3n) is 4.81. The van der Waals surface area contributed by atoms with E-state index in [-0.39, 0.29) is 5.91 Å². The molecule has 32 heavy (non-hydrogen) atoms. The molecule has 0 fully saturated rings. The van der Waals surface area contributed by atoms with Gasteiger partial charge in [0.25, 0.3) is 5.91 Å². The molecule has 6 heteroatoms. The molecule has 0 spiro atoms. The lowest BCUT2D eigenvalue weighted by Gasteiger charge is -2.18. The summed E-state index contributed by atoms with van der Waals surface area (Å²) in [4.78, 5) is 20.1. The number of ether oxygens (including phenoxy) is 1. The zero-order valence-corrected chi connectivity index (χ0v) is 19.2. The molecule has 4 rings (SSSR count). The van der Waals surface area contributed by atoms with Crippen molar-refractivity contribution in [1.29, 1.82) is 0 Å². The number of nitrogens with zero attached hydrogens (tertiary/aromatic N) is 2. The van der Waals surface area contributed by atoms with Crippen molar-refractivity contribution >= 4 is 39.8 Å². The number of thioether (sulfide) groups is 1. The summed E-state index contributed by atoms with van der Waals surface area (Å²) in [5.41, 5.74) is 3.81. The Morgan fingerprint density at radius 2 is 1.78 bits per heavy atom. The Balaban J connectivity index is 1.54. The lowest BCUT2D eigenvalue weighted by Crippen LogP contribution is -2.23. The van der Waals surface area contributed by atoms with Crippen molar-refractivity contribution in [3.63, 3.8) is 0 Å². The van der Waals surface area contributed by atoms with Gasteiger partial charge in [0.05, 0.1) is 18.5 Å². The van der Waals surface area contributed by atoms with Gasteiger partial charge < -0.3 is 4.74 Å². The first-order valence-corrected chi connectivity index (χ1v) is 11.9. The molecule has 0 saturated carbocycles. The Labute approximate surface area is 196 Å². The zero-order chi connectivity index (χ0) is 22.3. The third-order valence-corrected chi connectivity index (χ3v) is 6.72. The minimum absolute atomic E-state index is 0.217. The number of methoxy groups -OCH3 is 1. The van der Waals surface area contributed by atoms with Gasteiger partial charge in [-0.05, 0) is 60.2 Å².